The van der Waals surface area contributed by atoms with E-state index in [1.165, 1.54) is 12.7 Å². The number of carbonyl (C=O) groups excluding carboxylic acids is 1. The predicted molar refractivity (Wildman–Crippen MR) is 130 cm³/mol. The summed E-state index contributed by atoms with van der Waals surface area (Å²) < 4.78 is 11.3. The number of hydrogen-bond donors (Lipinski definition) is 2. The number of aromatic nitrogens is 1. The van der Waals surface area contributed by atoms with Gasteiger partial charge in [0.2, 0.25) is 5.89 Å². The fourth-order valence-corrected chi connectivity index (χ4v) is 3.82. The maximum Gasteiger partial charge on any atom is 0.261 e. The van der Waals surface area contributed by atoms with Gasteiger partial charge in [0.25, 0.3) is 5.91 Å². The van der Waals surface area contributed by atoms with Gasteiger partial charge >= 0.3 is 0 Å². The zero-order chi connectivity index (χ0) is 22.8. The summed E-state index contributed by atoms with van der Waals surface area (Å²) in [6.07, 6.45) is 0. The van der Waals surface area contributed by atoms with Crippen LogP contribution >= 0.6 is 12.2 Å². The van der Waals surface area contributed by atoms with Gasteiger partial charge in [0.15, 0.2) is 10.7 Å². The van der Waals surface area contributed by atoms with Crippen molar-refractivity contribution in [2.24, 2.45) is 0 Å². The van der Waals surface area contributed by atoms with E-state index in [2.05, 4.69) is 28.6 Å². The van der Waals surface area contributed by atoms with Crippen molar-refractivity contribution in [3.8, 4) is 17.2 Å². The summed E-state index contributed by atoms with van der Waals surface area (Å²) in [7, 11) is 1.54. The first-order chi connectivity index (χ1) is 15.4. The lowest BCUT2D eigenvalue weighted by Gasteiger charge is -2.13. The predicted octanol–water partition coefficient (Wildman–Crippen LogP) is 5.56. The summed E-state index contributed by atoms with van der Waals surface area (Å²) in [6.45, 7) is 5.97. The minimum Gasteiger partial charge on any atom is -0.496 e. The lowest BCUT2D eigenvalue weighted by Crippen LogP contribution is -2.34. The van der Waals surface area contributed by atoms with Crippen molar-refractivity contribution < 1.29 is 13.9 Å². The van der Waals surface area contributed by atoms with Gasteiger partial charge in [-0.15, -0.1) is 0 Å². The molecule has 0 aliphatic rings. The second kappa shape index (κ2) is 8.80. The van der Waals surface area contributed by atoms with Crippen LogP contribution in [0.15, 0.2) is 59.0 Å². The third kappa shape index (κ3) is 4.33. The molecule has 162 valence electrons. The monoisotopic (exact) mass is 445 g/mol. The van der Waals surface area contributed by atoms with E-state index < -0.39 is 0 Å². The molecule has 0 saturated heterocycles. The molecule has 0 bridgehead atoms. The maximum absolute atomic E-state index is 12.7. The number of aryl methyl sites for hydroxylation is 3. The molecule has 1 heterocycles. The first kappa shape index (κ1) is 21.5. The first-order valence-electron chi connectivity index (χ1n) is 10.1. The van der Waals surface area contributed by atoms with Crippen LogP contribution in [-0.2, 0) is 0 Å². The highest BCUT2D eigenvalue weighted by atomic mass is 32.1. The molecule has 1 amide bonds. The molecule has 0 saturated carbocycles. The third-order valence-electron chi connectivity index (χ3n) is 5.15. The molecule has 0 aliphatic carbocycles. The number of anilines is 1. The van der Waals surface area contributed by atoms with Crippen LogP contribution in [0.2, 0.25) is 0 Å². The minimum absolute atomic E-state index is 0.177. The largest absolute Gasteiger partial charge is 0.496 e. The Morgan fingerprint density at radius 1 is 1.03 bits per heavy atom. The van der Waals surface area contributed by atoms with Gasteiger partial charge in [-0.2, -0.15) is 0 Å². The normalized spacial score (nSPS) is 10.8. The van der Waals surface area contributed by atoms with Crippen molar-refractivity contribution in [2.45, 2.75) is 20.8 Å². The summed E-state index contributed by atoms with van der Waals surface area (Å²) in [5.74, 6) is 0.746. The number of methoxy groups -OCH3 is 1. The first-order valence-corrected chi connectivity index (χ1v) is 10.5. The molecule has 0 unspecified atom stereocenters. The Hall–Kier alpha value is -3.71. The smallest absolute Gasteiger partial charge is 0.261 e. The van der Waals surface area contributed by atoms with Crippen molar-refractivity contribution in [1.82, 2.24) is 10.3 Å². The molecule has 1 aromatic heterocycles. The molecule has 0 spiro atoms. The number of nitrogens with one attached hydrogen (secondary N) is 2. The van der Waals surface area contributed by atoms with E-state index in [0.717, 1.165) is 16.7 Å². The molecule has 0 fully saturated rings. The highest BCUT2D eigenvalue weighted by Gasteiger charge is 2.16. The fraction of sp³-hybridized carbons (Fsp3) is 0.160. The number of rotatable bonds is 4. The molecule has 0 atom stereocenters. The van der Waals surface area contributed by atoms with Crippen molar-refractivity contribution in [3.63, 3.8) is 0 Å². The Bertz CT molecular complexity index is 1340. The number of thiocarbonyl (C=S) groups is 1. The molecule has 3 aromatic carbocycles. The van der Waals surface area contributed by atoms with Gasteiger partial charge in [0.05, 0.1) is 12.7 Å². The Labute approximate surface area is 191 Å². The Kier molecular flexibility index (Phi) is 5.92. The number of benzene rings is 3. The van der Waals surface area contributed by atoms with Crippen molar-refractivity contribution in [1.29, 1.82) is 0 Å². The number of hydrogen-bond acceptors (Lipinski definition) is 5. The lowest BCUT2D eigenvalue weighted by molar-refractivity contribution is 0.0974. The fourth-order valence-electron chi connectivity index (χ4n) is 3.61. The second-order valence-electron chi connectivity index (χ2n) is 7.58. The standard InChI is InChI=1S/C25H23N3O3S/c1-14-8-10-18(16(3)12-14)24-27-20-13-17(9-11-21(20)31-24)26-25(32)28-23(29)19-7-5-6-15(2)22(19)30-4/h5-13H,1-4H3,(H2,26,28,29,32). The van der Waals surface area contributed by atoms with Crippen LogP contribution in [0.1, 0.15) is 27.0 Å². The molecule has 32 heavy (non-hydrogen) atoms. The quantitative estimate of drug-likeness (QED) is 0.401. The zero-order valence-electron chi connectivity index (χ0n) is 18.3. The van der Waals surface area contributed by atoms with Crippen LogP contribution in [0.5, 0.6) is 5.75 Å². The Balaban J connectivity index is 1.51. The Morgan fingerprint density at radius 3 is 2.59 bits per heavy atom. The summed E-state index contributed by atoms with van der Waals surface area (Å²) in [6, 6.07) is 17.0. The highest BCUT2D eigenvalue weighted by Crippen LogP contribution is 2.29. The van der Waals surface area contributed by atoms with Gasteiger partial charge < -0.3 is 14.5 Å². The third-order valence-corrected chi connectivity index (χ3v) is 5.35. The van der Waals surface area contributed by atoms with Crippen molar-refractivity contribution >= 4 is 40.0 Å². The van der Waals surface area contributed by atoms with Gasteiger partial charge in [0, 0.05) is 11.3 Å². The molecule has 4 aromatic rings. The van der Waals surface area contributed by atoms with Crippen molar-refractivity contribution in [3.05, 3.63) is 76.9 Å². The minimum atomic E-state index is -0.345. The average molecular weight is 446 g/mol. The highest BCUT2D eigenvalue weighted by molar-refractivity contribution is 7.80. The topological polar surface area (TPSA) is 76.4 Å². The van der Waals surface area contributed by atoms with E-state index >= 15 is 0 Å². The molecule has 4 rings (SSSR count). The van der Waals surface area contributed by atoms with Gasteiger partial charge in [-0.25, -0.2) is 4.98 Å². The summed E-state index contributed by atoms with van der Waals surface area (Å²) in [4.78, 5) is 17.3. The Morgan fingerprint density at radius 2 is 1.84 bits per heavy atom. The number of oxazole rings is 1. The van der Waals surface area contributed by atoms with Crippen LogP contribution in [0.25, 0.3) is 22.6 Å². The molecule has 6 nitrogen and oxygen atoms in total. The van der Waals surface area contributed by atoms with E-state index in [4.69, 9.17) is 21.4 Å². The summed E-state index contributed by atoms with van der Waals surface area (Å²) >= 11 is 5.33. The van der Waals surface area contributed by atoms with Crippen LogP contribution in [0.4, 0.5) is 5.69 Å². The van der Waals surface area contributed by atoms with Gasteiger partial charge in [-0.05, 0) is 74.4 Å². The average Bonchev–Trinajstić information content (AvgIpc) is 3.16. The molecule has 7 heteroatoms. The molecule has 2 N–H and O–H groups in total. The second-order valence-corrected chi connectivity index (χ2v) is 7.99. The van der Waals surface area contributed by atoms with E-state index in [1.807, 2.05) is 50.2 Å². The van der Waals surface area contributed by atoms with E-state index in [9.17, 15) is 4.79 Å². The van der Waals surface area contributed by atoms with E-state index in [-0.39, 0.29) is 11.0 Å². The number of fused-ring (bicyclic) bond motifs is 1. The summed E-state index contributed by atoms with van der Waals surface area (Å²) in [5, 5.41) is 5.90. The van der Waals surface area contributed by atoms with Crippen LogP contribution in [-0.4, -0.2) is 23.1 Å². The van der Waals surface area contributed by atoms with E-state index in [0.29, 0.717) is 34.0 Å². The van der Waals surface area contributed by atoms with Crippen LogP contribution in [0, 0.1) is 20.8 Å². The number of para-hydroxylation sites is 1. The summed E-state index contributed by atoms with van der Waals surface area (Å²) in [5.41, 5.74) is 6.59. The zero-order valence-corrected chi connectivity index (χ0v) is 19.1. The molecular weight excluding hydrogens is 422 g/mol. The van der Waals surface area contributed by atoms with Gasteiger partial charge in [-0.3, -0.25) is 10.1 Å². The number of amides is 1. The van der Waals surface area contributed by atoms with Crippen LogP contribution < -0.4 is 15.4 Å². The SMILES string of the molecule is COc1c(C)cccc1C(=O)NC(=S)Nc1ccc2oc(-c3ccc(C)cc3C)nc2c1. The molecular formula is C25H23N3O3S. The van der Waals surface area contributed by atoms with Gasteiger partial charge in [-0.1, -0.05) is 29.8 Å². The van der Waals surface area contributed by atoms with E-state index in [1.54, 1.807) is 12.1 Å². The van der Waals surface area contributed by atoms with Crippen LogP contribution in [0.3, 0.4) is 0 Å². The molecule has 0 radical (unpaired) electrons. The number of ether oxygens (including phenoxy) is 1. The van der Waals surface area contributed by atoms with Gasteiger partial charge in [0.1, 0.15) is 11.3 Å². The lowest BCUT2D eigenvalue weighted by atomic mass is 10.1. The van der Waals surface area contributed by atoms with Crippen molar-refractivity contribution in [2.75, 3.05) is 12.4 Å². The number of carbonyl (C=O) groups is 1. The number of nitrogens with zero attached hydrogens (tertiary/aromatic N) is 1. The molecule has 0 aliphatic heterocycles. The maximum atomic E-state index is 12.7.